The number of hydrogen-bond donors (Lipinski definition) is 1. The van der Waals surface area contributed by atoms with Crippen LogP contribution in [0.25, 0.3) is 0 Å². The number of rotatable bonds is 3. The maximum Gasteiger partial charge on any atom is 0.306 e. The Hall–Kier alpha value is -1.02. The normalized spacial score (nSPS) is 11.3. The first kappa shape index (κ1) is 15.0. The lowest BCUT2D eigenvalue weighted by Crippen LogP contribution is -2.12. The van der Waals surface area contributed by atoms with Crippen LogP contribution in [0.15, 0.2) is 18.2 Å². The summed E-state index contributed by atoms with van der Waals surface area (Å²) in [5, 5.41) is 9.45. The molecule has 0 spiro atoms. The van der Waals surface area contributed by atoms with Crippen LogP contribution in [-0.2, 0) is 11.2 Å². The maximum atomic E-state index is 10.7. The molecule has 1 unspecified atom stereocenters. The van der Waals surface area contributed by atoms with E-state index in [9.17, 15) is 4.79 Å². The van der Waals surface area contributed by atoms with E-state index in [1.807, 2.05) is 32.9 Å². The number of carboxylic acids is 1. The second kappa shape index (κ2) is 7.29. The zero-order chi connectivity index (χ0) is 12.7. The van der Waals surface area contributed by atoms with Gasteiger partial charge in [-0.2, -0.15) is 0 Å². The Balaban J connectivity index is 0.00000106. The van der Waals surface area contributed by atoms with E-state index in [0.29, 0.717) is 11.4 Å². The average molecular weight is 243 g/mol. The monoisotopic (exact) mass is 242 g/mol. The standard InChI is InChI=1S/C11H13ClO2.C2H6/c1-7-6-10(12)4-3-9(7)5-8(2)11(13)14;1-2/h3-4,6,8H,5H2,1-2H3,(H,13,14);1-2H3. The van der Waals surface area contributed by atoms with E-state index in [-0.39, 0.29) is 5.92 Å². The lowest BCUT2D eigenvalue weighted by Gasteiger charge is -2.09. The number of aliphatic carboxylic acids is 1. The fourth-order valence-corrected chi connectivity index (χ4v) is 1.53. The topological polar surface area (TPSA) is 37.3 Å². The Morgan fingerprint density at radius 3 is 2.44 bits per heavy atom. The SMILES string of the molecule is CC.Cc1cc(Cl)ccc1CC(C)C(=O)O. The van der Waals surface area contributed by atoms with Crippen molar-refractivity contribution in [3.8, 4) is 0 Å². The molecule has 1 N–H and O–H groups in total. The molecule has 0 saturated carbocycles. The van der Waals surface area contributed by atoms with Crippen LogP contribution in [0.4, 0.5) is 0 Å². The molecular formula is C13H19ClO2. The highest BCUT2D eigenvalue weighted by Crippen LogP contribution is 2.18. The molecule has 1 atom stereocenters. The van der Waals surface area contributed by atoms with Crippen molar-refractivity contribution in [3.63, 3.8) is 0 Å². The number of hydrogen-bond acceptors (Lipinski definition) is 1. The fraction of sp³-hybridized carbons (Fsp3) is 0.462. The zero-order valence-electron chi connectivity index (χ0n) is 10.2. The summed E-state index contributed by atoms with van der Waals surface area (Å²) in [6.07, 6.45) is 0.554. The molecule has 0 radical (unpaired) electrons. The van der Waals surface area contributed by atoms with Crippen LogP contribution in [0.3, 0.4) is 0 Å². The summed E-state index contributed by atoms with van der Waals surface area (Å²) in [7, 11) is 0. The van der Waals surface area contributed by atoms with Crippen LogP contribution in [0.2, 0.25) is 5.02 Å². The van der Waals surface area contributed by atoms with Gasteiger partial charge in [-0.3, -0.25) is 4.79 Å². The highest BCUT2D eigenvalue weighted by molar-refractivity contribution is 6.30. The predicted molar refractivity (Wildman–Crippen MR) is 68.0 cm³/mol. The second-order valence-corrected chi connectivity index (χ2v) is 3.95. The molecular weight excluding hydrogens is 224 g/mol. The maximum absolute atomic E-state index is 10.7. The third kappa shape index (κ3) is 4.67. The summed E-state index contributed by atoms with van der Waals surface area (Å²) in [6.45, 7) is 7.65. The van der Waals surface area contributed by atoms with Gasteiger partial charge in [0.2, 0.25) is 0 Å². The molecule has 0 saturated heterocycles. The molecule has 1 aromatic carbocycles. The van der Waals surface area contributed by atoms with Crippen LogP contribution in [0.5, 0.6) is 0 Å². The van der Waals surface area contributed by atoms with E-state index >= 15 is 0 Å². The van der Waals surface area contributed by atoms with Crippen LogP contribution < -0.4 is 0 Å². The molecule has 2 nitrogen and oxygen atoms in total. The summed E-state index contributed by atoms with van der Waals surface area (Å²) in [5.41, 5.74) is 2.09. The molecule has 3 heteroatoms. The van der Waals surface area contributed by atoms with Crippen molar-refractivity contribution in [2.45, 2.75) is 34.1 Å². The average Bonchev–Trinajstić information content (AvgIpc) is 2.25. The molecule has 1 aromatic rings. The van der Waals surface area contributed by atoms with Crippen LogP contribution in [-0.4, -0.2) is 11.1 Å². The van der Waals surface area contributed by atoms with E-state index in [1.54, 1.807) is 13.0 Å². The molecule has 0 aliphatic rings. The van der Waals surface area contributed by atoms with Gasteiger partial charge in [-0.25, -0.2) is 0 Å². The Morgan fingerprint density at radius 2 is 2.00 bits per heavy atom. The van der Waals surface area contributed by atoms with Gasteiger partial charge in [0, 0.05) is 5.02 Å². The number of halogens is 1. The van der Waals surface area contributed by atoms with Gasteiger partial charge < -0.3 is 5.11 Å². The molecule has 0 aliphatic carbocycles. The lowest BCUT2D eigenvalue weighted by atomic mass is 9.98. The van der Waals surface area contributed by atoms with E-state index < -0.39 is 5.97 Å². The van der Waals surface area contributed by atoms with E-state index in [4.69, 9.17) is 16.7 Å². The number of aryl methyl sites for hydroxylation is 1. The summed E-state index contributed by atoms with van der Waals surface area (Å²) >= 11 is 5.80. The van der Waals surface area contributed by atoms with Crippen molar-refractivity contribution in [2.75, 3.05) is 0 Å². The van der Waals surface area contributed by atoms with Crippen molar-refractivity contribution >= 4 is 17.6 Å². The number of carboxylic acid groups (broad SMARTS) is 1. The molecule has 0 fully saturated rings. The first-order valence-electron chi connectivity index (χ1n) is 5.48. The second-order valence-electron chi connectivity index (χ2n) is 3.51. The van der Waals surface area contributed by atoms with E-state index in [2.05, 4.69) is 0 Å². The van der Waals surface area contributed by atoms with Crippen molar-refractivity contribution in [1.29, 1.82) is 0 Å². The predicted octanol–water partition coefficient (Wildman–Crippen LogP) is 3.94. The molecule has 0 bridgehead atoms. The smallest absolute Gasteiger partial charge is 0.306 e. The number of carbonyl (C=O) groups is 1. The molecule has 1 rings (SSSR count). The minimum absolute atomic E-state index is 0.352. The van der Waals surface area contributed by atoms with Gasteiger partial charge in [-0.05, 0) is 36.6 Å². The Kier molecular flexibility index (Phi) is 6.82. The van der Waals surface area contributed by atoms with Crippen molar-refractivity contribution in [2.24, 2.45) is 5.92 Å². The Bertz CT molecular complexity index is 348. The molecule has 0 aliphatic heterocycles. The summed E-state index contributed by atoms with van der Waals surface area (Å²) in [4.78, 5) is 10.7. The van der Waals surface area contributed by atoms with Gasteiger partial charge in [0.1, 0.15) is 0 Å². The van der Waals surface area contributed by atoms with Crippen molar-refractivity contribution in [3.05, 3.63) is 34.3 Å². The van der Waals surface area contributed by atoms with Gasteiger partial charge in [0.25, 0.3) is 0 Å². The van der Waals surface area contributed by atoms with E-state index in [0.717, 1.165) is 11.1 Å². The van der Waals surface area contributed by atoms with Gasteiger partial charge in [-0.15, -0.1) is 0 Å². The third-order valence-electron chi connectivity index (χ3n) is 2.25. The molecule has 0 heterocycles. The quantitative estimate of drug-likeness (QED) is 0.872. The zero-order valence-corrected chi connectivity index (χ0v) is 11.0. The van der Waals surface area contributed by atoms with Crippen LogP contribution in [0.1, 0.15) is 31.9 Å². The Morgan fingerprint density at radius 1 is 1.44 bits per heavy atom. The minimum Gasteiger partial charge on any atom is -0.481 e. The first-order valence-corrected chi connectivity index (χ1v) is 5.86. The Labute approximate surface area is 102 Å². The summed E-state index contributed by atoms with van der Waals surface area (Å²) in [6, 6.07) is 5.53. The summed E-state index contributed by atoms with van der Waals surface area (Å²) in [5.74, 6) is -1.12. The van der Waals surface area contributed by atoms with Crippen molar-refractivity contribution in [1.82, 2.24) is 0 Å². The molecule has 90 valence electrons. The van der Waals surface area contributed by atoms with Crippen LogP contribution in [0, 0.1) is 12.8 Å². The molecule has 0 aromatic heterocycles. The first-order chi connectivity index (χ1) is 7.50. The van der Waals surface area contributed by atoms with Gasteiger partial charge in [0.05, 0.1) is 5.92 Å². The highest BCUT2D eigenvalue weighted by Gasteiger charge is 2.12. The molecule has 16 heavy (non-hydrogen) atoms. The molecule has 0 amide bonds. The number of benzene rings is 1. The van der Waals surface area contributed by atoms with E-state index in [1.165, 1.54) is 0 Å². The fourth-order valence-electron chi connectivity index (χ4n) is 1.31. The largest absolute Gasteiger partial charge is 0.481 e. The minimum atomic E-state index is -0.764. The highest BCUT2D eigenvalue weighted by atomic mass is 35.5. The van der Waals surface area contributed by atoms with Gasteiger partial charge >= 0.3 is 5.97 Å². The van der Waals surface area contributed by atoms with Gasteiger partial charge in [0.15, 0.2) is 0 Å². The van der Waals surface area contributed by atoms with Gasteiger partial charge in [-0.1, -0.05) is 38.4 Å². The third-order valence-corrected chi connectivity index (χ3v) is 2.49. The van der Waals surface area contributed by atoms with Crippen molar-refractivity contribution < 1.29 is 9.90 Å². The lowest BCUT2D eigenvalue weighted by molar-refractivity contribution is -0.141. The van der Waals surface area contributed by atoms with Crippen LogP contribution >= 0.6 is 11.6 Å². The summed E-state index contributed by atoms with van der Waals surface area (Å²) < 4.78 is 0.